The summed E-state index contributed by atoms with van der Waals surface area (Å²) in [7, 11) is 0. The van der Waals surface area contributed by atoms with E-state index in [2.05, 4.69) is 20.1 Å². The van der Waals surface area contributed by atoms with Gasteiger partial charge in [-0.25, -0.2) is 9.37 Å². The van der Waals surface area contributed by atoms with Crippen LogP contribution >= 0.6 is 11.3 Å². The van der Waals surface area contributed by atoms with Crippen LogP contribution in [0.25, 0.3) is 10.2 Å². The molecule has 0 aliphatic carbocycles. The molecule has 5 nitrogen and oxygen atoms in total. The zero-order valence-corrected chi connectivity index (χ0v) is 14.3. The van der Waals surface area contributed by atoms with Crippen molar-refractivity contribution in [1.82, 2.24) is 14.8 Å². The fourth-order valence-corrected chi connectivity index (χ4v) is 4.58. The molecule has 1 atom stereocenters. The third-order valence-electron chi connectivity index (χ3n) is 4.87. The van der Waals surface area contributed by atoms with Crippen LogP contribution in [-0.2, 0) is 4.79 Å². The van der Waals surface area contributed by atoms with Crippen molar-refractivity contribution >= 4 is 32.6 Å². The van der Waals surface area contributed by atoms with Gasteiger partial charge in [-0.1, -0.05) is 11.3 Å². The molecule has 3 heterocycles. The Bertz CT molecular complexity index is 743. The van der Waals surface area contributed by atoms with Gasteiger partial charge < -0.3 is 5.32 Å². The number of benzene rings is 1. The molecule has 1 unspecified atom stereocenters. The van der Waals surface area contributed by atoms with Gasteiger partial charge in [-0.05, 0) is 50.6 Å². The lowest BCUT2D eigenvalue weighted by Crippen LogP contribution is -2.37. The van der Waals surface area contributed by atoms with Crippen LogP contribution in [0.15, 0.2) is 18.2 Å². The van der Waals surface area contributed by atoms with Crippen molar-refractivity contribution in [3.63, 3.8) is 0 Å². The van der Waals surface area contributed by atoms with Gasteiger partial charge in [-0.3, -0.25) is 14.6 Å². The normalized spacial score (nSPS) is 22.5. The highest BCUT2D eigenvalue weighted by Gasteiger charge is 2.30. The van der Waals surface area contributed by atoms with Crippen molar-refractivity contribution in [3.8, 4) is 0 Å². The summed E-state index contributed by atoms with van der Waals surface area (Å²) in [6.45, 7) is 4.74. The molecule has 7 heteroatoms. The van der Waals surface area contributed by atoms with Gasteiger partial charge in [-0.2, -0.15) is 0 Å². The van der Waals surface area contributed by atoms with E-state index in [1.54, 1.807) is 6.07 Å². The average molecular weight is 348 g/mol. The van der Waals surface area contributed by atoms with E-state index in [4.69, 9.17) is 0 Å². The average Bonchev–Trinajstić information content (AvgIpc) is 3.25. The minimum atomic E-state index is -0.283. The monoisotopic (exact) mass is 348 g/mol. The first-order valence-corrected chi connectivity index (χ1v) is 9.31. The number of likely N-dealkylation sites (tertiary alicyclic amines) is 2. The Kier molecular flexibility index (Phi) is 4.47. The second-order valence-electron chi connectivity index (χ2n) is 6.60. The van der Waals surface area contributed by atoms with Crippen LogP contribution in [0, 0.1) is 5.82 Å². The van der Waals surface area contributed by atoms with E-state index in [0.29, 0.717) is 23.2 Å². The van der Waals surface area contributed by atoms with Crippen LogP contribution in [0.5, 0.6) is 0 Å². The molecular weight excluding hydrogens is 327 g/mol. The number of carbonyl (C=O) groups excluding carboxylic acids is 1. The predicted molar refractivity (Wildman–Crippen MR) is 93.9 cm³/mol. The van der Waals surface area contributed by atoms with Gasteiger partial charge in [0.25, 0.3) is 0 Å². The molecule has 0 radical (unpaired) electrons. The topological polar surface area (TPSA) is 48.5 Å². The van der Waals surface area contributed by atoms with Gasteiger partial charge in [0, 0.05) is 19.1 Å². The number of aromatic nitrogens is 1. The number of amides is 1. The molecule has 0 saturated carbocycles. The number of hydrogen-bond donors (Lipinski definition) is 1. The first-order chi connectivity index (χ1) is 11.7. The smallest absolute Gasteiger partial charge is 0.240 e. The lowest BCUT2D eigenvalue weighted by Gasteiger charge is -2.23. The van der Waals surface area contributed by atoms with Crippen LogP contribution < -0.4 is 5.32 Å². The molecule has 2 aliphatic rings. The van der Waals surface area contributed by atoms with Crippen LogP contribution in [0.3, 0.4) is 0 Å². The maximum Gasteiger partial charge on any atom is 0.240 e. The minimum Gasteiger partial charge on any atom is -0.301 e. The number of halogens is 1. The maximum absolute atomic E-state index is 13.2. The van der Waals surface area contributed by atoms with E-state index in [0.717, 1.165) is 24.2 Å². The number of nitrogens with one attached hydrogen (secondary N) is 1. The SMILES string of the molecule is O=C(CN1CCC(N2CCCC2)C1)Nc1nc2ccc(F)cc2s1. The highest BCUT2D eigenvalue weighted by Crippen LogP contribution is 2.26. The molecule has 128 valence electrons. The zero-order chi connectivity index (χ0) is 16.5. The molecule has 0 bridgehead atoms. The van der Waals surface area contributed by atoms with Crippen molar-refractivity contribution in [2.45, 2.75) is 25.3 Å². The van der Waals surface area contributed by atoms with E-state index in [1.165, 1.54) is 49.4 Å². The van der Waals surface area contributed by atoms with E-state index in [1.807, 2.05) is 0 Å². The lowest BCUT2D eigenvalue weighted by atomic mass is 10.2. The highest BCUT2D eigenvalue weighted by atomic mass is 32.1. The molecule has 1 aromatic carbocycles. The fraction of sp³-hybridized carbons (Fsp3) is 0.529. The summed E-state index contributed by atoms with van der Waals surface area (Å²) in [6.07, 6.45) is 3.75. The first-order valence-electron chi connectivity index (χ1n) is 8.50. The van der Waals surface area contributed by atoms with Crippen LogP contribution in [0.4, 0.5) is 9.52 Å². The second kappa shape index (κ2) is 6.74. The Hall–Kier alpha value is -1.57. The molecular formula is C17H21FN4OS. The summed E-state index contributed by atoms with van der Waals surface area (Å²) >= 11 is 1.31. The summed E-state index contributed by atoms with van der Waals surface area (Å²) in [5, 5.41) is 3.39. The van der Waals surface area contributed by atoms with Crippen molar-refractivity contribution in [3.05, 3.63) is 24.0 Å². The summed E-state index contributed by atoms with van der Waals surface area (Å²) < 4.78 is 14.0. The summed E-state index contributed by atoms with van der Waals surface area (Å²) in [6, 6.07) is 5.07. The Morgan fingerprint density at radius 1 is 1.33 bits per heavy atom. The Labute approximate surface area is 144 Å². The number of anilines is 1. The molecule has 1 N–H and O–H groups in total. The van der Waals surface area contributed by atoms with Gasteiger partial charge >= 0.3 is 0 Å². The number of rotatable bonds is 4. The zero-order valence-electron chi connectivity index (χ0n) is 13.5. The van der Waals surface area contributed by atoms with Crippen molar-refractivity contribution < 1.29 is 9.18 Å². The standard InChI is InChI=1S/C17H21FN4OS/c18-12-3-4-14-15(9-12)24-17(19-14)20-16(23)11-21-8-5-13(10-21)22-6-1-2-7-22/h3-4,9,13H,1-2,5-8,10-11H2,(H,19,20,23). The van der Waals surface area contributed by atoms with Gasteiger partial charge in [0.15, 0.2) is 5.13 Å². The van der Waals surface area contributed by atoms with Crippen molar-refractivity contribution in [2.75, 3.05) is 38.0 Å². The molecule has 0 spiro atoms. The molecule has 24 heavy (non-hydrogen) atoms. The third kappa shape index (κ3) is 3.43. The summed E-state index contributed by atoms with van der Waals surface area (Å²) in [4.78, 5) is 21.4. The van der Waals surface area contributed by atoms with Gasteiger partial charge in [0.05, 0.1) is 16.8 Å². The Balaban J connectivity index is 1.32. The molecule has 1 aromatic heterocycles. The second-order valence-corrected chi connectivity index (χ2v) is 7.63. The lowest BCUT2D eigenvalue weighted by molar-refractivity contribution is -0.117. The van der Waals surface area contributed by atoms with E-state index in [-0.39, 0.29) is 11.7 Å². The number of nitrogens with zero attached hydrogens (tertiary/aromatic N) is 3. The number of carbonyl (C=O) groups is 1. The molecule has 4 rings (SSSR count). The third-order valence-corrected chi connectivity index (χ3v) is 5.80. The number of hydrogen-bond acceptors (Lipinski definition) is 5. The van der Waals surface area contributed by atoms with Crippen LogP contribution in [0.2, 0.25) is 0 Å². The fourth-order valence-electron chi connectivity index (χ4n) is 3.67. The quantitative estimate of drug-likeness (QED) is 0.922. The molecule has 2 aromatic rings. The highest BCUT2D eigenvalue weighted by molar-refractivity contribution is 7.22. The predicted octanol–water partition coefficient (Wildman–Crippen LogP) is 2.54. The number of thiazole rings is 1. The maximum atomic E-state index is 13.2. The van der Waals surface area contributed by atoms with E-state index in [9.17, 15) is 9.18 Å². The minimum absolute atomic E-state index is 0.0448. The Morgan fingerprint density at radius 3 is 3.00 bits per heavy atom. The molecule has 1 amide bonds. The van der Waals surface area contributed by atoms with Crippen LogP contribution in [0.1, 0.15) is 19.3 Å². The Morgan fingerprint density at radius 2 is 2.17 bits per heavy atom. The number of fused-ring (bicyclic) bond motifs is 1. The largest absolute Gasteiger partial charge is 0.301 e. The van der Waals surface area contributed by atoms with Crippen LogP contribution in [-0.4, -0.2) is 59.5 Å². The van der Waals surface area contributed by atoms with Crippen molar-refractivity contribution in [1.29, 1.82) is 0 Å². The first kappa shape index (κ1) is 15.9. The van der Waals surface area contributed by atoms with E-state index >= 15 is 0 Å². The van der Waals surface area contributed by atoms with Gasteiger partial charge in [-0.15, -0.1) is 0 Å². The molecule has 2 fully saturated rings. The van der Waals surface area contributed by atoms with Gasteiger partial charge in [0.2, 0.25) is 5.91 Å². The van der Waals surface area contributed by atoms with Crippen molar-refractivity contribution in [2.24, 2.45) is 0 Å². The summed E-state index contributed by atoms with van der Waals surface area (Å²) in [5.74, 6) is -0.328. The van der Waals surface area contributed by atoms with Gasteiger partial charge in [0.1, 0.15) is 5.82 Å². The molecule has 2 aliphatic heterocycles. The van der Waals surface area contributed by atoms with E-state index < -0.39 is 0 Å². The molecule has 2 saturated heterocycles. The summed E-state index contributed by atoms with van der Waals surface area (Å²) in [5.41, 5.74) is 0.715.